The van der Waals surface area contributed by atoms with Gasteiger partial charge in [-0.15, -0.1) is 11.6 Å². The number of halogens is 1. The highest BCUT2D eigenvalue weighted by Gasteiger charge is 2.34. The lowest BCUT2D eigenvalue weighted by Gasteiger charge is -2.26. The Hall–Kier alpha value is -0.780. The summed E-state index contributed by atoms with van der Waals surface area (Å²) in [5, 5.41) is 0. The molecule has 0 aromatic heterocycles. The van der Waals surface area contributed by atoms with E-state index in [-0.39, 0.29) is 10.9 Å². The summed E-state index contributed by atoms with van der Waals surface area (Å²) in [6, 6.07) is 4.94. The van der Waals surface area contributed by atoms with Gasteiger partial charge >= 0.3 is 0 Å². The summed E-state index contributed by atoms with van der Waals surface area (Å²) in [5.41, 5.74) is 0.839. The van der Waals surface area contributed by atoms with Crippen LogP contribution in [0, 0.1) is 5.92 Å². The second-order valence-electron chi connectivity index (χ2n) is 5.73. The molecular formula is C15H22ClNO3S. The fourth-order valence-corrected chi connectivity index (χ4v) is 4.29. The van der Waals surface area contributed by atoms with Crippen LogP contribution in [0.5, 0.6) is 5.75 Å². The summed E-state index contributed by atoms with van der Waals surface area (Å²) >= 11 is 5.80. The van der Waals surface area contributed by atoms with Crippen LogP contribution < -0.4 is 4.74 Å². The van der Waals surface area contributed by atoms with E-state index in [1.54, 1.807) is 22.5 Å². The van der Waals surface area contributed by atoms with Crippen LogP contribution in [0.3, 0.4) is 0 Å². The van der Waals surface area contributed by atoms with Gasteiger partial charge in [0.2, 0.25) is 10.0 Å². The van der Waals surface area contributed by atoms with Crippen molar-refractivity contribution >= 4 is 21.6 Å². The lowest BCUT2D eigenvalue weighted by atomic mass is 10.2. The molecule has 0 bridgehead atoms. The lowest BCUT2D eigenvalue weighted by Crippen LogP contribution is -2.38. The van der Waals surface area contributed by atoms with Gasteiger partial charge in [0.25, 0.3) is 0 Å². The van der Waals surface area contributed by atoms with Gasteiger partial charge in [0, 0.05) is 18.5 Å². The Morgan fingerprint density at radius 1 is 1.38 bits per heavy atom. The molecule has 1 aliphatic carbocycles. The van der Waals surface area contributed by atoms with Crippen LogP contribution in [0.2, 0.25) is 0 Å². The van der Waals surface area contributed by atoms with Crippen molar-refractivity contribution in [3.8, 4) is 5.75 Å². The van der Waals surface area contributed by atoms with Gasteiger partial charge in [-0.2, -0.15) is 4.31 Å². The number of rotatable bonds is 7. The first-order valence-corrected chi connectivity index (χ1v) is 9.12. The number of alkyl halides is 1. The van der Waals surface area contributed by atoms with E-state index in [1.165, 1.54) is 7.11 Å². The maximum atomic E-state index is 12.9. The quantitative estimate of drug-likeness (QED) is 0.720. The molecule has 0 saturated heterocycles. The molecule has 0 N–H and O–H groups in total. The largest absolute Gasteiger partial charge is 0.495 e. The topological polar surface area (TPSA) is 46.6 Å². The fraction of sp³-hybridized carbons (Fsp3) is 0.600. The molecule has 2 rings (SSSR count). The summed E-state index contributed by atoms with van der Waals surface area (Å²) in [7, 11) is -2.08. The summed E-state index contributed by atoms with van der Waals surface area (Å²) in [6.07, 6.45) is 2.22. The Balaban J connectivity index is 2.40. The second-order valence-corrected chi connectivity index (χ2v) is 7.86. The molecule has 1 aromatic rings. The van der Waals surface area contributed by atoms with Crippen LogP contribution in [0.25, 0.3) is 0 Å². The van der Waals surface area contributed by atoms with Crippen LogP contribution in [0.1, 0.15) is 32.3 Å². The predicted molar refractivity (Wildman–Crippen MR) is 84.3 cm³/mol. The number of benzene rings is 1. The Morgan fingerprint density at radius 3 is 2.52 bits per heavy atom. The molecule has 0 aliphatic heterocycles. The molecule has 4 nitrogen and oxygen atoms in total. The molecule has 21 heavy (non-hydrogen) atoms. The third kappa shape index (κ3) is 3.71. The monoisotopic (exact) mass is 331 g/mol. The molecule has 0 atom stereocenters. The molecule has 1 aliphatic rings. The number of ether oxygens (including phenoxy) is 1. The zero-order valence-corrected chi connectivity index (χ0v) is 14.2. The van der Waals surface area contributed by atoms with Crippen molar-refractivity contribution in [2.75, 3.05) is 13.7 Å². The zero-order valence-electron chi connectivity index (χ0n) is 12.7. The molecule has 0 unspecified atom stereocenters. The number of sulfonamides is 1. The number of methoxy groups -OCH3 is 1. The Kier molecular flexibility index (Phi) is 5.17. The zero-order chi connectivity index (χ0) is 15.6. The van der Waals surface area contributed by atoms with E-state index in [4.69, 9.17) is 16.3 Å². The van der Waals surface area contributed by atoms with E-state index in [0.717, 1.165) is 18.4 Å². The minimum absolute atomic E-state index is 0.0759. The maximum absolute atomic E-state index is 12.9. The van der Waals surface area contributed by atoms with Crippen molar-refractivity contribution in [2.45, 2.75) is 43.5 Å². The standard InChI is InChI=1S/C15H22ClNO3S/c1-11(2)17(10-12-4-5-12)21(18,19)15-7-6-13(9-16)8-14(15)20-3/h6-8,11-12H,4-5,9-10H2,1-3H3. The predicted octanol–water partition coefficient (Wildman–Crippen LogP) is 3.24. The molecule has 1 aromatic carbocycles. The average molecular weight is 332 g/mol. The molecule has 0 amide bonds. The number of hydrogen-bond donors (Lipinski definition) is 0. The minimum Gasteiger partial charge on any atom is -0.495 e. The van der Waals surface area contributed by atoms with E-state index in [2.05, 4.69) is 0 Å². The molecule has 0 spiro atoms. The molecule has 0 heterocycles. The van der Waals surface area contributed by atoms with Crippen LogP contribution in [0.4, 0.5) is 0 Å². The van der Waals surface area contributed by atoms with Crippen LogP contribution in [-0.2, 0) is 15.9 Å². The molecule has 1 saturated carbocycles. The van der Waals surface area contributed by atoms with Crippen molar-refractivity contribution in [1.82, 2.24) is 4.31 Å². The van der Waals surface area contributed by atoms with Gasteiger partial charge in [-0.25, -0.2) is 8.42 Å². The van der Waals surface area contributed by atoms with E-state index in [9.17, 15) is 8.42 Å². The Morgan fingerprint density at radius 2 is 2.05 bits per heavy atom. The van der Waals surface area contributed by atoms with Gasteiger partial charge in [-0.05, 0) is 50.3 Å². The fourth-order valence-electron chi connectivity index (χ4n) is 2.28. The molecule has 6 heteroatoms. The molecule has 1 fully saturated rings. The van der Waals surface area contributed by atoms with Crippen molar-refractivity contribution in [3.05, 3.63) is 23.8 Å². The first-order chi connectivity index (χ1) is 9.90. The van der Waals surface area contributed by atoms with Gasteiger partial charge in [-0.3, -0.25) is 0 Å². The van der Waals surface area contributed by atoms with Crippen LogP contribution in [0.15, 0.2) is 23.1 Å². The SMILES string of the molecule is COc1cc(CCl)ccc1S(=O)(=O)N(CC1CC1)C(C)C. The Bertz CT molecular complexity index is 597. The van der Waals surface area contributed by atoms with E-state index in [1.807, 2.05) is 13.8 Å². The van der Waals surface area contributed by atoms with Crippen molar-refractivity contribution < 1.29 is 13.2 Å². The highest BCUT2D eigenvalue weighted by Crippen LogP contribution is 2.34. The van der Waals surface area contributed by atoms with Gasteiger partial charge in [0.05, 0.1) is 7.11 Å². The van der Waals surface area contributed by atoms with Crippen LogP contribution >= 0.6 is 11.6 Å². The normalized spacial score (nSPS) is 15.7. The lowest BCUT2D eigenvalue weighted by molar-refractivity contribution is 0.337. The average Bonchev–Trinajstić information content (AvgIpc) is 3.27. The minimum atomic E-state index is -3.56. The summed E-state index contributed by atoms with van der Waals surface area (Å²) in [5.74, 6) is 1.18. The Labute approximate surface area is 132 Å². The van der Waals surface area contributed by atoms with E-state index >= 15 is 0 Å². The third-order valence-electron chi connectivity index (χ3n) is 3.68. The summed E-state index contributed by atoms with van der Waals surface area (Å²) < 4.78 is 32.7. The van der Waals surface area contributed by atoms with Gasteiger partial charge in [0.15, 0.2) is 0 Å². The smallest absolute Gasteiger partial charge is 0.246 e. The van der Waals surface area contributed by atoms with Gasteiger partial charge < -0.3 is 4.74 Å². The van der Waals surface area contributed by atoms with Gasteiger partial charge in [-0.1, -0.05) is 6.07 Å². The molecular weight excluding hydrogens is 310 g/mol. The van der Waals surface area contributed by atoms with E-state index in [0.29, 0.717) is 24.1 Å². The first kappa shape index (κ1) is 16.6. The first-order valence-electron chi connectivity index (χ1n) is 7.15. The van der Waals surface area contributed by atoms with Crippen molar-refractivity contribution in [1.29, 1.82) is 0 Å². The maximum Gasteiger partial charge on any atom is 0.246 e. The van der Waals surface area contributed by atoms with E-state index < -0.39 is 10.0 Å². The highest BCUT2D eigenvalue weighted by atomic mass is 35.5. The van der Waals surface area contributed by atoms with Crippen LogP contribution in [-0.4, -0.2) is 32.4 Å². The second kappa shape index (κ2) is 6.55. The van der Waals surface area contributed by atoms with Crippen molar-refractivity contribution in [2.24, 2.45) is 5.92 Å². The molecule has 0 radical (unpaired) electrons. The number of hydrogen-bond acceptors (Lipinski definition) is 3. The number of nitrogens with zero attached hydrogens (tertiary/aromatic N) is 1. The molecule has 118 valence electrons. The summed E-state index contributed by atoms with van der Waals surface area (Å²) in [4.78, 5) is 0.216. The van der Waals surface area contributed by atoms with Gasteiger partial charge in [0.1, 0.15) is 10.6 Å². The third-order valence-corrected chi connectivity index (χ3v) is 6.07. The van der Waals surface area contributed by atoms with Crippen molar-refractivity contribution in [3.63, 3.8) is 0 Å². The highest BCUT2D eigenvalue weighted by molar-refractivity contribution is 7.89. The summed E-state index contributed by atoms with van der Waals surface area (Å²) in [6.45, 7) is 4.39.